The number of esters is 1. The van der Waals surface area contributed by atoms with E-state index in [0.717, 1.165) is 18.4 Å². The highest BCUT2D eigenvalue weighted by molar-refractivity contribution is 7.08. The highest BCUT2D eigenvalue weighted by Crippen LogP contribution is 2.43. The Morgan fingerprint density at radius 2 is 2.08 bits per heavy atom. The van der Waals surface area contributed by atoms with E-state index >= 15 is 0 Å². The molecule has 2 aromatic heterocycles. The number of carbonyl (C=O) groups is 1. The maximum atomic E-state index is 14.3. The van der Waals surface area contributed by atoms with Crippen LogP contribution in [0.25, 0.3) is 11.4 Å². The number of halogens is 1. The van der Waals surface area contributed by atoms with E-state index < -0.39 is 11.4 Å². The van der Waals surface area contributed by atoms with Crippen LogP contribution < -0.4 is 0 Å². The molecule has 1 aliphatic rings. The van der Waals surface area contributed by atoms with Crippen LogP contribution in [0.15, 0.2) is 45.6 Å². The van der Waals surface area contributed by atoms with Crippen LogP contribution in [0.1, 0.15) is 37.1 Å². The Labute approximate surface area is 153 Å². The van der Waals surface area contributed by atoms with Crippen molar-refractivity contribution < 1.29 is 18.4 Å². The van der Waals surface area contributed by atoms with Crippen LogP contribution in [0.4, 0.5) is 4.39 Å². The number of ether oxygens (including phenoxy) is 1. The highest BCUT2D eigenvalue weighted by Gasteiger charge is 2.45. The summed E-state index contributed by atoms with van der Waals surface area (Å²) in [7, 11) is 0. The van der Waals surface area contributed by atoms with Gasteiger partial charge in [0.25, 0.3) is 5.89 Å². The molecule has 0 saturated heterocycles. The molecule has 0 atom stereocenters. The number of aromatic nitrogens is 2. The fraction of sp³-hybridized carbons (Fsp3) is 0.316. The summed E-state index contributed by atoms with van der Waals surface area (Å²) in [5.74, 6) is -0.123. The Kier molecular flexibility index (Phi) is 4.55. The van der Waals surface area contributed by atoms with Crippen LogP contribution in [0.3, 0.4) is 0 Å². The predicted molar refractivity (Wildman–Crippen MR) is 94.0 cm³/mol. The monoisotopic (exact) mass is 372 g/mol. The first-order chi connectivity index (χ1) is 12.7. The van der Waals surface area contributed by atoms with E-state index in [9.17, 15) is 9.18 Å². The van der Waals surface area contributed by atoms with Gasteiger partial charge in [0.15, 0.2) is 6.61 Å². The van der Waals surface area contributed by atoms with E-state index in [-0.39, 0.29) is 18.3 Å². The second-order valence-electron chi connectivity index (χ2n) is 6.37. The van der Waals surface area contributed by atoms with Gasteiger partial charge in [0.2, 0.25) is 5.82 Å². The second-order valence-corrected chi connectivity index (χ2v) is 7.15. The molecule has 26 heavy (non-hydrogen) atoms. The molecule has 134 valence electrons. The molecular formula is C19H17FN2O3S. The lowest BCUT2D eigenvalue weighted by atomic mass is 9.78. The van der Waals surface area contributed by atoms with Gasteiger partial charge >= 0.3 is 5.97 Å². The Balaban J connectivity index is 1.51. The van der Waals surface area contributed by atoms with Crippen LogP contribution in [0.5, 0.6) is 0 Å². The minimum absolute atomic E-state index is 0.119. The van der Waals surface area contributed by atoms with Gasteiger partial charge in [-0.25, -0.2) is 4.39 Å². The zero-order valence-corrected chi connectivity index (χ0v) is 14.8. The van der Waals surface area contributed by atoms with Crippen LogP contribution in [0, 0.1) is 5.82 Å². The summed E-state index contributed by atoms with van der Waals surface area (Å²) < 4.78 is 24.9. The van der Waals surface area contributed by atoms with Gasteiger partial charge in [-0.15, -0.1) is 0 Å². The number of hydrogen-bond donors (Lipinski definition) is 0. The van der Waals surface area contributed by atoms with Gasteiger partial charge in [-0.2, -0.15) is 16.3 Å². The van der Waals surface area contributed by atoms with E-state index in [2.05, 4.69) is 10.1 Å². The maximum Gasteiger partial charge on any atom is 0.317 e. The molecular weight excluding hydrogens is 355 g/mol. The lowest BCUT2D eigenvalue weighted by Crippen LogP contribution is -2.35. The van der Waals surface area contributed by atoms with Crippen molar-refractivity contribution in [2.75, 3.05) is 0 Å². The molecule has 4 rings (SSSR count). The minimum Gasteiger partial charge on any atom is -0.455 e. The average Bonchev–Trinajstić information content (AvgIpc) is 3.41. The summed E-state index contributed by atoms with van der Waals surface area (Å²) in [5, 5.41) is 7.72. The van der Waals surface area contributed by atoms with Gasteiger partial charge in [0.1, 0.15) is 5.82 Å². The lowest BCUT2D eigenvalue weighted by Gasteiger charge is -2.27. The van der Waals surface area contributed by atoms with Crippen LogP contribution in [-0.4, -0.2) is 16.1 Å². The molecule has 0 spiro atoms. The van der Waals surface area contributed by atoms with E-state index in [1.165, 1.54) is 17.4 Å². The molecule has 2 heterocycles. The summed E-state index contributed by atoms with van der Waals surface area (Å²) in [6, 6.07) is 8.31. The predicted octanol–water partition coefficient (Wildman–Crippen LogP) is 4.49. The first kappa shape index (κ1) is 16.9. The van der Waals surface area contributed by atoms with E-state index in [0.29, 0.717) is 24.2 Å². The molecule has 1 fully saturated rings. The number of carbonyl (C=O) groups excluding carboxylic acids is 1. The molecule has 1 aromatic carbocycles. The van der Waals surface area contributed by atoms with Gasteiger partial charge in [0, 0.05) is 16.5 Å². The highest BCUT2D eigenvalue weighted by atomic mass is 32.1. The zero-order chi connectivity index (χ0) is 18.0. The van der Waals surface area contributed by atoms with E-state index in [1.54, 1.807) is 18.2 Å². The Morgan fingerprint density at radius 1 is 1.27 bits per heavy atom. The first-order valence-corrected chi connectivity index (χ1v) is 9.41. The smallest absolute Gasteiger partial charge is 0.317 e. The van der Waals surface area contributed by atoms with Gasteiger partial charge in [-0.1, -0.05) is 36.2 Å². The molecule has 0 N–H and O–H groups in total. The summed E-state index contributed by atoms with van der Waals surface area (Å²) in [6.07, 6.45) is 2.89. The quantitative estimate of drug-likeness (QED) is 0.617. The van der Waals surface area contributed by atoms with Crippen molar-refractivity contribution in [3.63, 3.8) is 0 Å². The minimum atomic E-state index is -0.929. The lowest BCUT2D eigenvalue weighted by molar-refractivity contribution is -0.152. The topological polar surface area (TPSA) is 65.2 Å². The Hall–Kier alpha value is -2.54. The zero-order valence-electron chi connectivity index (χ0n) is 14.0. The summed E-state index contributed by atoms with van der Waals surface area (Å²) in [4.78, 5) is 17.1. The van der Waals surface area contributed by atoms with Crippen molar-refractivity contribution in [2.45, 2.75) is 37.7 Å². The van der Waals surface area contributed by atoms with Crippen molar-refractivity contribution in [1.29, 1.82) is 0 Å². The molecule has 0 unspecified atom stereocenters. The van der Waals surface area contributed by atoms with Crippen molar-refractivity contribution >= 4 is 17.3 Å². The van der Waals surface area contributed by atoms with Crippen LogP contribution in [0.2, 0.25) is 0 Å². The van der Waals surface area contributed by atoms with Crippen LogP contribution >= 0.6 is 11.3 Å². The van der Waals surface area contributed by atoms with Gasteiger partial charge in [0.05, 0.1) is 5.41 Å². The Bertz CT molecular complexity index is 901. The summed E-state index contributed by atoms with van der Waals surface area (Å²) in [5.41, 5.74) is 0.337. The van der Waals surface area contributed by atoms with Crippen molar-refractivity contribution in [1.82, 2.24) is 10.1 Å². The van der Waals surface area contributed by atoms with Crippen molar-refractivity contribution in [2.24, 2.45) is 0 Å². The van der Waals surface area contributed by atoms with E-state index in [1.807, 2.05) is 16.8 Å². The number of benzene rings is 1. The number of thiophene rings is 1. The first-order valence-electron chi connectivity index (χ1n) is 8.46. The van der Waals surface area contributed by atoms with Gasteiger partial charge < -0.3 is 9.26 Å². The standard InChI is InChI=1S/C19H17FN2O3S/c20-15-6-2-1-5-14(15)19(8-3-4-9-19)18(23)24-11-16-21-17(22-25-16)13-7-10-26-12-13/h1-2,5-7,10,12H,3-4,8-9,11H2. The summed E-state index contributed by atoms with van der Waals surface area (Å²) in [6.45, 7) is -0.119. The van der Waals surface area contributed by atoms with Crippen molar-refractivity contribution in [3.8, 4) is 11.4 Å². The third kappa shape index (κ3) is 3.03. The largest absolute Gasteiger partial charge is 0.455 e. The second kappa shape index (κ2) is 6.99. The van der Waals surface area contributed by atoms with Gasteiger partial charge in [-0.3, -0.25) is 4.79 Å². The normalized spacial score (nSPS) is 15.9. The molecule has 0 radical (unpaired) electrons. The fourth-order valence-electron chi connectivity index (χ4n) is 3.50. The van der Waals surface area contributed by atoms with Crippen molar-refractivity contribution in [3.05, 3.63) is 58.4 Å². The molecule has 0 amide bonds. The maximum absolute atomic E-state index is 14.3. The van der Waals surface area contributed by atoms with E-state index in [4.69, 9.17) is 9.26 Å². The molecule has 3 aromatic rings. The molecule has 7 heteroatoms. The third-order valence-corrected chi connectivity index (χ3v) is 5.49. The third-order valence-electron chi connectivity index (χ3n) is 4.81. The fourth-order valence-corrected chi connectivity index (χ4v) is 4.13. The molecule has 1 aliphatic carbocycles. The van der Waals surface area contributed by atoms with Gasteiger partial charge in [-0.05, 0) is 30.4 Å². The van der Waals surface area contributed by atoms with Crippen LogP contribution in [-0.2, 0) is 21.6 Å². The molecule has 5 nitrogen and oxygen atoms in total. The Morgan fingerprint density at radius 3 is 2.81 bits per heavy atom. The molecule has 0 aliphatic heterocycles. The SMILES string of the molecule is O=C(OCc1nc(-c2ccsc2)no1)C1(c2ccccc2F)CCCC1. The number of rotatable bonds is 5. The molecule has 0 bridgehead atoms. The average molecular weight is 372 g/mol. The molecule has 1 saturated carbocycles. The summed E-state index contributed by atoms with van der Waals surface area (Å²) >= 11 is 1.53. The number of hydrogen-bond acceptors (Lipinski definition) is 6. The number of nitrogens with zero attached hydrogens (tertiary/aromatic N) is 2.